The van der Waals surface area contributed by atoms with Crippen molar-refractivity contribution in [2.75, 3.05) is 32.1 Å². The van der Waals surface area contributed by atoms with Crippen LogP contribution in [0.5, 0.6) is 0 Å². The molecule has 3 heteroatoms. The Kier molecular flexibility index (Phi) is 4.81. The van der Waals surface area contributed by atoms with Crippen molar-refractivity contribution in [2.24, 2.45) is 0 Å². The standard InChI is InChI=1S/C16H27N3/c1-5-11-19-12-7-6-8-15(19)14-9-10-16(18(3)4)17-13(14)2/h9-10,15H,5-8,11-12H2,1-4H3. The van der Waals surface area contributed by atoms with E-state index in [1.807, 2.05) is 14.1 Å². The minimum absolute atomic E-state index is 0.581. The van der Waals surface area contributed by atoms with E-state index in [1.54, 1.807) is 0 Å². The maximum Gasteiger partial charge on any atom is 0.128 e. The lowest BCUT2D eigenvalue weighted by Crippen LogP contribution is -2.34. The molecular weight excluding hydrogens is 234 g/mol. The molecule has 1 aromatic rings. The zero-order chi connectivity index (χ0) is 13.8. The number of likely N-dealkylation sites (tertiary alicyclic amines) is 1. The number of nitrogens with zero attached hydrogens (tertiary/aromatic N) is 3. The number of hydrogen-bond donors (Lipinski definition) is 0. The number of anilines is 1. The molecule has 0 radical (unpaired) electrons. The molecule has 1 aliphatic heterocycles. The molecule has 0 saturated carbocycles. The molecule has 0 spiro atoms. The predicted molar refractivity (Wildman–Crippen MR) is 81.8 cm³/mol. The van der Waals surface area contributed by atoms with Gasteiger partial charge in [0.2, 0.25) is 0 Å². The number of hydrogen-bond acceptors (Lipinski definition) is 3. The Hall–Kier alpha value is -1.09. The summed E-state index contributed by atoms with van der Waals surface area (Å²) in [5, 5.41) is 0. The van der Waals surface area contributed by atoms with Crippen LogP contribution < -0.4 is 4.90 Å². The van der Waals surface area contributed by atoms with Crippen LogP contribution in [-0.4, -0.2) is 37.1 Å². The Balaban J connectivity index is 2.23. The summed E-state index contributed by atoms with van der Waals surface area (Å²) in [7, 11) is 4.09. The fourth-order valence-corrected chi connectivity index (χ4v) is 3.06. The lowest BCUT2D eigenvalue weighted by atomic mass is 9.94. The second kappa shape index (κ2) is 6.38. The van der Waals surface area contributed by atoms with Crippen molar-refractivity contribution in [2.45, 2.75) is 45.6 Å². The van der Waals surface area contributed by atoms with Crippen LogP contribution >= 0.6 is 0 Å². The first-order valence-electron chi connectivity index (χ1n) is 7.52. The largest absolute Gasteiger partial charge is 0.363 e. The fourth-order valence-electron chi connectivity index (χ4n) is 3.06. The molecule has 0 N–H and O–H groups in total. The van der Waals surface area contributed by atoms with Gasteiger partial charge in [-0.25, -0.2) is 4.98 Å². The van der Waals surface area contributed by atoms with Crippen molar-refractivity contribution < 1.29 is 0 Å². The third kappa shape index (κ3) is 3.27. The highest BCUT2D eigenvalue weighted by Crippen LogP contribution is 2.32. The third-order valence-corrected chi connectivity index (χ3v) is 4.05. The van der Waals surface area contributed by atoms with E-state index in [1.165, 1.54) is 50.0 Å². The van der Waals surface area contributed by atoms with Gasteiger partial charge in [0.15, 0.2) is 0 Å². The van der Waals surface area contributed by atoms with Gasteiger partial charge in [-0.2, -0.15) is 0 Å². The van der Waals surface area contributed by atoms with Crippen LogP contribution in [0.3, 0.4) is 0 Å². The van der Waals surface area contributed by atoms with Crippen LogP contribution in [0, 0.1) is 6.92 Å². The molecule has 2 heterocycles. The van der Waals surface area contributed by atoms with Gasteiger partial charge < -0.3 is 4.90 Å². The Bertz CT molecular complexity index is 412. The van der Waals surface area contributed by atoms with Gasteiger partial charge in [0.05, 0.1) is 0 Å². The van der Waals surface area contributed by atoms with Gasteiger partial charge in [-0.15, -0.1) is 0 Å². The van der Waals surface area contributed by atoms with Crippen molar-refractivity contribution in [1.82, 2.24) is 9.88 Å². The predicted octanol–water partition coefficient (Wildman–Crippen LogP) is 3.39. The lowest BCUT2D eigenvalue weighted by molar-refractivity contribution is 0.148. The molecular formula is C16H27N3. The summed E-state index contributed by atoms with van der Waals surface area (Å²) in [5.41, 5.74) is 2.62. The quantitative estimate of drug-likeness (QED) is 0.828. The Morgan fingerprint density at radius 3 is 2.74 bits per heavy atom. The maximum atomic E-state index is 4.74. The number of pyridine rings is 1. The van der Waals surface area contributed by atoms with Gasteiger partial charge in [0, 0.05) is 25.8 Å². The maximum absolute atomic E-state index is 4.74. The summed E-state index contributed by atoms with van der Waals surface area (Å²) in [6.45, 7) is 6.87. The topological polar surface area (TPSA) is 19.4 Å². The summed E-state index contributed by atoms with van der Waals surface area (Å²) < 4.78 is 0. The highest BCUT2D eigenvalue weighted by molar-refractivity contribution is 5.41. The number of piperidine rings is 1. The third-order valence-electron chi connectivity index (χ3n) is 4.05. The zero-order valence-corrected chi connectivity index (χ0v) is 12.8. The molecule has 19 heavy (non-hydrogen) atoms. The Morgan fingerprint density at radius 2 is 2.11 bits per heavy atom. The summed E-state index contributed by atoms with van der Waals surface area (Å²) in [5.74, 6) is 1.05. The molecule has 1 fully saturated rings. The molecule has 0 amide bonds. The zero-order valence-electron chi connectivity index (χ0n) is 12.8. The molecule has 106 valence electrons. The van der Waals surface area contributed by atoms with E-state index in [4.69, 9.17) is 4.98 Å². The van der Waals surface area contributed by atoms with Crippen LogP contribution in [0.25, 0.3) is 0 Å². The van der Waals surface area contributed by atoms with Gasteiger partial charge in [-0.3, -0.25) is 4.90 Å². The van der Waals surface area contributed by atoms with Gasteiger partial charge in [0.25, 0.3) is 0 Å². The molecule has 1 aromatic heterocycles. The average molecular weight is 261 g/mol. The lowest BCUT2D eigenvalue weighted by Gasteiger charge is -2.36. The summed E-state index contributed by atoms with van der Waals surface area (Å²) in [6, 6.07) is 5.02. The van der Waals surface area contributed by atoms with Crippen LogP contribution in [0.4, 0.5) is 5.82 Å². The summed E-state index contributed by atoms with van der Waals surface area (Å²) >= 11 is 0. The molecule has 1 unspecified atom stereocenters. The van der Waals surface area contributed by atoms with Crippen LogP contribution in [-0.2, 0) is 0 Å². The molecule has 0 aliphatic carbocycles. The van der Waals surface area contributed by atoms with E-state index in [-0.39, 0.29) is 0 Å². The van der Waals surface area contributed by atoms with Gasteiger partial charge in [-0.05, 0) is 50.9 Å². The van der Waals surface area contributed by atoms with Crippen molar-refractivity contribution in [3.05, 3.63) is 23.4 Å². The van der Waals surface area contributed by atoms with Crippen LogP contribution in [0.2, 0.25) is 0 Å². The second-order valence-corrected chi connectivity index (χ2v) is 5.79. The molecule has 1 atom stereocenters. The number of aryl methyl sites for hydroxylation is 1. The van der Waals surface area contributed by atoms with Crippen molar-refractivity contribution in [3.63, 3.8) is 0 Å². The van der Waals surface area contributed by atoms with E-state index >= 15 is 0 Å². The molecule has 1 saturated heterocycles. The van der Waals surface area contributed by atoms with Gasteiger partial charge >= 0.3 is 0 Å². The molecule has 2 rings (SSSR count). The first-order valence-corrected chi connectivity index (χ1v) is 7.52. The van der Waals surface area contributed by atoms with Crippen LogP contribution in [0.1, 0.15) is 49.9 Å². The number of aromatic nitrogens is 1. The fraction of sp³-hybridized carbons (Fsp3) is 0.688. The highest BCUT2D eigenvalue weighted by Gasteiger charge is 2.24. The average Bonchev–Trinajstić information content (AvgIpc) is 2.40. The smallest absolute Gasteiger partial charge is 0.128 e. The second-order valence-electron chi connectivity index (χ2n) is 5.79. The van der Waals surface area contributed by atoms with E-state index in [9.17, 15) is 0 Å². The highest BCUT2D eigenvalue weighted by atomic mass is 15.2. The number of rotatable bonds is 4. The van der Waals surface area contributed by atoms with Crippen molar-refractivity contribution in [3.8, 4) is 0 Å². The van der Waals surface area contributed by atoms with Gasteiger partial charge in [-0.1, -0.05) is 19.4 Å². The van der Waals surface area contributed by atoms with Crippen molar-refractivity contribution in [1.29, 1.82) is 0 Å². The summed E-state index contributed by atoms with van der Waals surface area (Å²) in [6.07, 6.45) is 5.21. The van der Waals surface area contributed by atoms with E-state index in [0.29, 0.717) is 6.04 Å². The first-order chi connectivity index (χ1) is 9.13. The molecule has 0 bridgehead atoms. The first kappa shape index (κ1) is 14.3. The monoisotopic (exact) mass is 261 g/mol. The van der Waals surface area contributed by atoms with Gasteiger partial charge in [0.1, 0.15) is 5.82 Å². The minimum atomic E-state index is 0.581. The SMILES string of the molecule is CCCN1CCCCC1c1ccc(N(C)C)nc1C. The van der Waals surface area contributed by atoms with E-state index in [2.05, 4.69) is 35.8 Å². The Labute approximate surface area is 117 Å². The molecule has 0 aromatic carbocycles. The molecule has 3 nitrogen and oxygen atoms in total. The Morgan fingerprint density at radius 1 is 1.32 bits per heavy atom. The normalized spacial score (nSPS) is 20.5. The summed E-state index contributed by atoms with van der Waals surface area (Å²) in [4.78, 5) is 9.45. The van der Waals surface area contributed by atoms with Crippen LogP contribution in [0.15, 0.2) is 12.1 Å². The molecule has 1 aliphatic rings. The van der Waals surface area contributed by atoms with E-state index < -0.39 is 0 Å². The minimum Gasteiger partial charge on any atom is -0.363 e. The van der Waals surface area contributed by atoms with E-state index in [0.717, 1.165) is 5.82 Å². The van der Waals surface area contributed by atoms with Crippen molar-refractivity contribution >= 4 is 5.82 Å².